The van der Waals surface area contributed by atoms with Gasteiger partial charge in [-0.25, -0.2) is 9.97 Å². The number of benzene rings is 1. The largest absolute Gasteiger partial charge is 0.342 e. The third-order valence-electron chi connectivity index (χ3n) is 3.71. The second kappa shape index (κ2) is 6.48. The van der Waals surface area contributed by atoms with Gasteiger partial charge in [-0.2, -0.15) is 0 Å². The molecule has 1 aliphatic heterocycles. The van der Waals surface area contributed by atoms with Gasteiger partial charge in [0.05, 0.1) is 6.42 Å². The highest BCUT2D eigenvalue weighted by molar-refractivity contribution is 5.85. The van der Waals surface area contributed by atoms with E-state index in [1.54, 1.807) is 24.9 Å². The number of nitrogens with zero attached hydrogens (tertiary/aromatic N) is 3. The predicted octanol–water partition coefficient (Wildman–Crippen LogP) is 2.51. The molecule has 4 nitrogen and oxygen atoms in total. The molecule has 0 N–H and O–H groups in total. The molecular formula is C17H18N3O. The van der Waals surface area contributed by atoms with Crippen LogP contribution in [-0.2, 0) is 11.2 Å². The fourth-order valence-electron chi connectivity index (χ4n) is 2.51. The van der Waals surface area contributed by atoms with Crippen LogP contribution in [0.25, 0.3) is 11.4 Å². The minimum absolute atomic E-state index is 0.156. The number of carbonyl (C=O) groups excluding carboxylic acids is 1. The molecule has 0 unspecified atom stereocenters. The van der Waals surface area contributed by atoms with Gasteiger partial charge in [0.2, 0.25) is 5.91 Å². The van der Waals surface area contributed by atoms with Crippen molar-refractivity contribution < 1.29 is 4.79 Å². The molecule has 4 heteroatoms. The van der Waals surface area contributed by atoms with Crippen LogP contribution in [0.1, 0.15) is 18.4 Å². The summed E-state index contributed by atoms with van der Waals surface area (Å²) in [5, 5.41) is 0. The van der Waals surface area contributed by atoms with Crippen LogP contribution in [0.3, 0.4) is 0 Å². The molecule has 21 heavy (non-hydrogen) atoms. The van der Waals surface area contributed by atoms with Gasteiger partial charge in [-0.15, -0.1) is 0 Å². The van der Waals surface area contributed by atoms with Crippen LogP contribution in [0.4, 0.5) is 0 Å². The van der Waals surface area contributed by atoms with E-state index in [2.05, 4.69) is 9.97 Å². The summed E-state index contributed by atoms with van der Waals surface area (Å²) in [6.07, 6.45) is 8.18. The molecule has 1 fully saturated rings. The van der Waals surface area contributed by atoms with Crippen molar-refractivity contribution in [2.24, 2.45) is 0 Å². The summed E-state index contributed by atoms with van der Waals surface area (Å²) >= 11 is 0. The third-order valence-corrected chi connectivity index (χ3v) is 3.71. The summed E-state index contributed by atoms with van der Waals surface area (Å²) < 4.78 is 0. The van der Waals surface area contributed by atoms with Gasteiger partial charge in [-0.05, 0) is 30.9 Å². The SMILES string of the molecule is O=C([CH]Cc1ccc(-c2ncccn2)cc1)N1CCCC1. The summed E-state index contributed by atoms with van der Waals surface area (Å²) in [6, 6.07) is 9.85. The summed E-state index contributed by atoms with van der Waals surface area (Å²) in [4.78, 5) is 22.3. The van der Waals surface area contributed by atoms with Crippen molar-refractivity contribution in [3.8, 4) is 11.4 Å². The topological polar surface area (TPSA) is 46.1 Å². The van der Waals surface area contributed by atoms with Crippen LogP contribution < -0.4 is 0 Å². The summed E-state index contributed by atoms with van der Waals surface area (Å²) in [7, 11) is 0. The van der Waals surface area contributed by atoms with Crippen LogP contribution >= 0.6 is 0 Å². The Balaban J connectivity index is 1.58. The van der Waals surface area contributed by atoms with Gasteiger partial charge in [-0.3, -0.25) is 4.79 Å². The summed E-state index contributed by atoms with van der Waals surface area (Å²) in [5.41, 5.74) is 2.12. The molecule has 1 aliphatic rings. The average molecular weight is 280 g/mol. The first-order chi connectivity index (χ1) is 10.3. The van der Waals surface area contributed by atoms with Crippen molar-refractivity contribution in [1.82, 2.24) is 14.9 Å². The molecule has 0 spiro atoms. The Morgan fingerprint density at radius 2 is 1.76 bits per heavy atom. The highest BCUT2D eigenvalue weighted by Gasteiger charge is 2.17. The maximum absolute atomic E-state index is 12.0. The monoisotopic (exact) mass is 280 g/mol. The fourth-order valence-corrected chi connectivity index (χ4v) is 2.51. The first-order valence-corrected chi connectivity index (χ1v) is 7.31. The van der Waals surface area contributed by atoms with E-state index in [0.29, 0.717) is 6.42 Å². The van der Waals surface area contributed by atoms with Crippen molar-refractivity contribution in [2.75, 3.05) is 13.1 Å². The normalized spacial score (nSPS) is 14.4. The average Bonchev–Trinajstić information content (AvgIpc) is 3.08. The van der Waals surface area contributed by atoms with E-state index >= 15 is 0 Å². The van der Waals surface area contributed by atoms with Crippen LogP contribution in [0.2, 0.25) is 0 Å². The number of amides is 1. The first kappa shape index (κ1) is 13.7. The summed E-state index contributed by atoms with van der Waals surface area (Å²) in [6.45, 7) is 1.80. The molecule has 0 bridgehead atoms. The van der Waals surface area contributed by atoms with Gasteiger partial charge in [-0.1, -0.05) is 24.3 Å². The van der Waals surface area contributed by atoms with Crippen molar-refractivity contribution in [3.05, 3.63) is 54.7 Å². The van der Waals surface area contributed by atoms with Crippen molar-refractivity contribution in [2.45, 2.75) is 19.3 Å². The van der Waals surface area contributed by atoms with Crippen LogP contribution in [-0.4, -0.2) is 33.9 Å². The van der Waals surface area contributed by atoms with E-state index in [9.17, 15) is 4.79 Å². The maximum Gasteiger partial charge on any atom is 0.226 e. The van der Waals surface area contributed by atoms with E-state index in [4.69, 9.17) is 0 Å². The molecule has 1 amide bonds. The zero-order chi connectivity index (χ0) is 14.5. The molecule has 1 aromatic heterocycles. The van der Waals surface area contributed by atoms with E-state index in [-0.39, 0.29) is 5.91 Å². The van der Waals surface area contributed by atoms with E-state index in [1.807, 2.05) is 29.2 Å². The molecule has 2 aromatic rings. The number of aromatic nitrogens is 2. The van der Waals surface area contributed by atoms with E-state index < -0.39 is 0 Å². The Kier molecular flexibility index (Phi) is 4.24. The fraction of sp³-hybridized carbons (Fsp3) is 0.294. The molecule has 0 atom stereocenters. The standard InChI is InChI=1S/C17H18N3O/c21-16(20-12-1-2-13-20)9-6-14-4-7-15(8-5-14)17-18-10-3-11-19-17/h3-5,7-11H,1-2,6,12-13H2. The van der Waals surface area contributed by atoms with Crippen LogP contribution in [0.5, 0.6) is 0 Å². The minimum Gasteiger partial charge on any atom is -0.342 e. The molecule has 3 rings (SSSR count). The van der Waals surface area contributed by atoms with Crippen molar-refractivity contribution in [1.29, 1.82) is 0 Å². The van der Waals surface area contributed by atoms with Crippen LogP contribution in [0.15, 0.2) is 42.7 Å². The third kappa shape index (κ3) is 3.45. The van der Waals surface area contributed by atoms with Gasteiger partial charge in [0.15, 0.2) is 5.82 Å². The number of carbonyl (C=O) groups is 1. The van der Waals surface area contributed by atoms with Crippen molar-refractivity contribution in [3.63, 3.8) is 0 Å². The molecule has 107 valence electrons. The second-order valence-electron chi connectivity index (χ2n) is 5.21. The van der Waals surface area contributed by atoms with Gasteiger partial charge in [0.1, 0.15) is 0 Å². The Labute approximate surface area is 124 Å². The minimum atomic E-state index is 0.156. The van der Waals surface area contributed by atoms with Gasteiger partial charge in [0.25, 0.3) is 0 Å². The lowest BCUT2D eigenvalue weighted by Crippen LogP contribution is -2.28. The lowest BCUT2D eigenvalue weighted by Gasteiger charge is -2.14. The summed E-state index contributed by atoms with van der Waals surface area (Å²) in [5.74, 6) is 0.879. The van der Waals surface area contributed by atoms with E-state index in [0.717, 1.165) is 42.9 Å². The predicted molar refractivity (Wildman–Crippen MR) is 81.3 cm³/mol. The smallest absolute Gasteiger partial charge is 0.226 e. The molecule has 2 heterocycles. The highest BCUT2D eigenvalue weighted by Crippen LogP contribution is 2.16. The maximum atomic E-state index is 12.0. The zero-order valence-corrected chi connectivity index (χ0v) is 11.9. The van der Waals surface area contributed by atoms with Crippen molar-refractivity contribution >= 4 is 5.91 Å². The quantitative estimate of drug-likeness (QED) is 0.864. The lowest BCUT2D eigenvalue weighted by atomic mass is 10.1. The number of rotatable bonds is 4. The van der Waals surface area contributed by atoms with E-state index in [1.165, 1.54) is 0 Å². The highest BCUT2D eigenvalue weighted by atomic mass is 16.2. The molecular weight excluding hydrogens is 262 g/mol. The number of hydrogen-bond acceptors (Lipinski definition) is 3. The zero-order valence-electron chi connectivity index (χ0n) is 11.9. The molecule has 1 radical (unpaired) electrons. The Hall–Kier alpha value is -2.23. The second-order valence-corrected chi connectivity index (χ2v) is 5.21. The molecule has 0 aliphatic carbocycles. The Morgan fingerprint density at radius 1 is 1.10 bits per heavy atom. The molecule has 1 saturated heterocycles. The first-order valence-electron chi connectivity index (χ1n) is 7.31. The number of hydrogen-bond donors (Lipinski definition) is 0. The lowest BCUT2D eigenvalue weighted by molar-refractivity contribution is -0.126. The van der Waals surface area contributed by atoms with Gasteiger partial charge in [0, 0.05) is 31.0 Å². The molecule has 1 aromatic carbocycles. The van der Waals surface area contributed by atoms with Crippen LogP contribution in [0, 0.1) is 6.42 Å². The van der Waals surface area contributed by atoms with Gasteiger partial charge < -0.3 is 4.90 Å². The number of likely N-dealkylation sites (tertiary alicyclic amines) is 1. The molecule has 0 saturated carbocycles. The Bertz CT molecular complexity index is 589. The Morgan fingerprint density at radius 3 is 2.43 bits per heavy atom. The van der Waals surface area contributed by atoms with Gasteiger partial charge >= 0.3 is 0 Å².